The number of carbonyl (C=O) groups is 1. The van der Waals surface area contributed by atoms with Crippen LogP contribution in [0.15, 0.2) is 85.2 Å². The van der Waals surface area contributed by atoms with Gasteiger partial charge in [0.25, 0.3) is 5.69 Å². The van der Waals surface area contributed by atoms with E-state index in [4.69, 9.17) is 12.2 Å². The van der Waals surface area contributed by atoms with Crippen LogP contribution in [0.3, 0.4) is 0 Å². The number of pyridine rings is 1. The standard InChI is InChI=1S/C28H26N6O3S/c1-3-25(35)30-22-14-13-21(17-18(22)2)33-27(26(31-28(33)38)23-7-4-5-15-29-23)24-8-6-16-32(24)19-9-11-20(12-10-19)34(36)37/h4-17,26-27H,3H2,1-2H3,(H,30,35)(H,31,38)/t26-,27+/m1/s1. The first kappa shape index (κ1) is 25.1. The van der Waals surface area contributed by atoms with Crippen LogP contribution in [0.25, 0.3) is 5.69 Å². The minimum Gasteiger partial charge on any atom is -0.351 e. The number of aryl methyl sites for hydroxylation is 1. The number of amides is 1. The molecule has 0 spiro atoms. The minimum absolute atomic E-state index is 0.0323. The van der Waals surface area contributed by atoms with E-state index in [1.54, 1.807) is 18.3 Å². The molecular weight excluding hydrogens is 500 g/mol. The highest BCUT2D eigenvalue weighted by Crippen LogP contribution is 2.43. The molecule has 2 N–H and O–H groups in total. The lowest BCUT2D eigenvalue weighted by molar-refractivity contribution is -0.384. The van der Waals surface area contributed by atoms with Crippen LogP contribution < -0.4 is 15.5 Å². The van der Waals surface area contributed by atoms with E-state index in [-0.39, 0.29) is 23.7 Å². The van der Waals surface area contributed by atoms with Crippen molar-refractivity contribution in [1.82, 2.24) is 14.9 Å². The number of benzene rings is 2. The van der Waals surface area contributed by atoms with Crippen LogP contribution in [0.5, 0.6) is 0 Å². The summed E-state index contributed by atoms with van der Waals surface area (Å²) in [5.74, 6) is -0.0479. The fraction of sp³-hybridized carbons (Fsp3) is 0.179. The van der Waals surface area contributed by atoms with Crippen molar-refractivity contribution in [2.75, 3.05) is 10.2 Å². The Kier molecular flexibility index (Phi) is 6.89. The number of nitro benzene ring substituents is 1. The first-order valence-electron chi connectivity index (χ1n) is 12.2. The average Bonchev–Trinajstić information content (AvgIpc) is 3.54. The molecule has 1 saturated heterocycles. The van der Waals surface area contributed by atoms with Crippen LogP contribution in [0.1, 0.15) is 42.4 Å². The summed E-state index contributed by atoms with van der Waals surface area (Å²) in [4.78, 5) is 29.4. The Balaban J connectivity index is 1.60. The molecule has 3 heterocycles. The van der Waals surface area contributed by atoms with Crippen LogP contribution in [0.4, 0.5) is 17.1 Å². The Morgan fingerprint density at radius 3 is 2.53 bits per heavy atom. The van der Waals surface area contributed by atoms with Crippen molar-refractivity contribution in [3.8, 4) is 5.69 Å². The normalized spacial score (nSPS) is 16.8. The molecule has 0 saturated carbocycles. The van der Waals surface area contributed by atoms with E-state index in [0.717, 1.165) is 34.0 Å². The lowest BCUT2D eigenvalue weighted by Crippen LogP contribution is -2.30. The summed E-state index contributed by atoms with van der Waals surface area (Å²) in [6.45, 7) is 3.77. The predicted octanol–water partition coefficient (Wildman–Crippen LogP) is 5.61. The third-order valence-corrected chi connectivity index (χ3v) is 6.92. The molecule has 9 nitrogen and oxygen atoms in total. The average molecular weight is 527 g/mol. The Hall–Kier alpha value is -4.57. The zero-order valence-electron chi connectivity index (χ0n) is 20.9. The van der Waals surface area contributed by atoms with Crippen molar-refractivity contribution in [1.29, 1.82) is 0 Å². The lowest BCUT2D eigenvalue weighted by atomic mass is 10.00. The molecule has 1 fully saturated rings. The molecule has 192 valence electrons. The Morgan fingerprint density at radius 2 is 1.87 bits per heavy atom. The highest BCUT2D eigenvalue weighted by atomic mass is 32.1. The SMILES string of the molecule is CCC(=O)Nc1ccc(N2C(=S)N[C@H](c3ccccn3)[C@@H]2c2cccn2-c2ccc([N+](=O)[O-])cc2)cc1C. The quantitative estimate of drug-likeness (QED) is 0.183. The molecular formula is C28H26N6O3S. The number of nitrogens with one attached hydrogen (secondary N) is 2. The Labute approximate surface area is 225 Å². The summed E-state index contributed by atoms with van der Waals surface area (Å²) in [7, 11) is 0. The number of rotatable bonds is 7. The largest absolute Gasteiger partial charge is 0.351 e. The number of aromatic nitrogens is 2. The van der Waals surface area contributed by atoms with E-state index in [2.05, 4.69) is 20.5 Å². The molecule has 1 aliphatic rings. The van der Waals surface area contributed by atoms with E-state index in [1.165, 1.54) is 12.1 Å². The number of nitro groups is 1. The van der Waals surface area contributed by atoms with Gasteiger partial charge in [-0.15, -0.1) is 0 Å². The van der Waals surface area contributed by atoms with Gasteiger partial charge in [-0.3, -0.25) is 19.9 Å². The van der Waals surface area contributed by atoms with Crippen LogP contribution in [0.2, 0.25) is 0 Å². The molecule has 4 aromatic rings. The molecule has 0 aliphatic carbocycles. The van der Waals surface area contributed by atoms with Crippen molar-refractivity contribution >= 4 is 40.3 Å². The van der Waals surface area contributed by atoms with Crippen molar-refractivity contribution < 1.29 is 9.72 Å². The summed E-state index contributed by atoms with van der Waals surface area (Å²) >= 11 is 5.85. The van der Waals surface area contributed by atoms with Crippen LogP contribution in [-0.4, -0.2) is 25.5 Å². The molecule has 38 heavy (non-hydrogen) atoms. The van der Waals surface area contributed by atoms with Crippen molar-refractivity contribution in [2.24, 2.45) is 0 Å². The zero-order chi connectivity index (χ0) is 26.8. The topological polar surface area (TPSA) is 105 Å². The lowest BCUT2D eigenvalue weighted by Gasteiger charge is -2.29. The second-order valence-corrected chi connectivity index (χ2v) is 9.36. The minimum atomic E-state index is -0.409. The first-order valence-corrected chi connectivity index (χ1v) is 12.6. The maximum atomic E-state index is 12.0. The smallest absolute Gasteiger partial charge is 0.269 e. The molecule has 0 bridgehead atoms. The molecule has 2 aromatic heterocycles. The zero-order valence-corrected chi connectivity index (χ0v) is 21.7. The first-order chi connectivity index (χ1) is 18.4. The number of non-ortho nitro benzene ring substituents is 1. The third kappa shape index (κ3) is 4.73. The van der Waals surface area contributed by atoms with Crippen molar-refractivity contribution in [3.05, 3.63) is 112 Å². The Bertz CT molecular complexity index is 1500. The maximum Gasteiger partial charge on any atom is 0.269 e. The van der Waals surface area contributed by atoms with Gasteiger partial charge in [-0.1, -0.05) is 13.0 Å². The summed E-state index contributed by atoms with van der Waals surface area (Å²) in [5, 5.41) is 18.1. The van der Waals surface area contributed by atoms with Gasteiger partial charge < -0.3 is 20.1 Å². The molecule has 2 aromatic carbocycles. The molecule has 10 heteroatoms. The van der Waals surface area contributed by atoms with E-state index in [9.17, 15) is 14.9 Å². The van der Waals surface area contributed by atoms with Gasteiger partial charge in [0.1, 0.15) is 6.04 Å². The van der Waals surface area contributed by atoms with Crippen molar-refractivity contribution in [3.63, 3.8) is 0 Å². The van der Waals surface area contributed by atoms with Crippen LogP contribution in [-0.2, 0) is 4.79 Å². The summed E-state index contributed by atoms with van der Waals surface area (Å²) in [6.07, 6.45) is 4.08. The predicted molar refractivity (Wildman–Crippen MR) is 150 cm³/mol. The number of thiocarbonyl (C=S) groups is 1. The van der Waals surface area contributed by atoms with Gasteiger partial charge in [0.15, 0.2) is 5.11 Å². The number of hydrogen-bond donors (Lipinski definition) is 2. The molecule has 0 unspecified atom stereocenters. The van der Waals surface area contributed by atoms with E-state index >= 15 is 0 Å². The van der Waals surface area contributed by atoms with Gasteiger partial charge in [-0.25, -0.2) is 0 Å². The van der Waals surface area contributed by atoms with Gasteiger partial charge in [-0.05, 0) is 79.3 Å². The summed E-state index contributed by atoms with van der Waals surface area (Å²) in [6, 6.07) is 21.5. The van der Waals surface area contributed by atoms with Gasteiger partial charge in [0, 0.05) is 53.7 Å². The number of carbonyl (C=O) groups excluding carboxylic acids is 1. The van der Waals surface area contributed by atoms with Gasteiger partial charge >= 0.3 is 0 Å². The van der Waals surface area contributed by atoms with E-state index in [0.29, 0.717) is 11.5 Å². The highest BCUT2D eigenvalue weighted by molar-refractivity contribution is 7.80. The Morgan fingerprint density at radius 1 is 1.11 bits per heavy atom. The molecule has 2 atom stereocenters. The number of hydrogen-bond acceptors (Lipinski definition) is 5. The molecule has 1 amide bonds. The second kappa shape index (κ2) is 10.4. The third-order valence-electron chi connectivity index (χ3n) is 6.60. The highest BCUT2D eigenvalue weighted by Gasteiger charge is 2.42. The fourth-order valence-electron chi connectivity index (χ4n) is 4.72. The van der Waals surface area contributed by atoms with Gasteiger partial charge in [0.05, 0.1) is 16.7 Å². The monoisotopic (exact) mass is 526 g/mol. The molecule has 0 radical (unpaired) electrons. The maximum absolute atomic E-state index is 12.0. The second-order valence-electron chi connectivity index (χ2n) is 8.97. The number of nitrogens with zero attached hydrogens (tertiary/aromatic N) is 4. The van der Waals surface area contributed by atoms with Gasteiger partial charge in [-0.2, -0.15) is 0 Å². The summed E-state index contributed by atoms with van der Waals surface area (Å²) < 4.78 is 2.01. The van der Waals surface area contributed by atoms with Crippen LogP contribution >= 0.6 is 12.2 Å². The van der Waals surface area contributed by atoms with Crippen molar-refractivity contribution in [2.45, 2.75) is 32.4 Å². The fourth-order valence-corrected chi connectivity index (χ4v) is 5.06. The summed E-state index contributed by atoms with van der Waals surface area (Å²) in [5.41, 5.74) is 5.13. The number of anilines is 2. The molecule has 5 rings (SSSR count). The van der Waals surface area contributed by atoms with Gasteiger partial charge in [0.2, 0.25) is 5.91 Å². The van der Waals surface area contributed by atoms with E-state index in [1.807, 2.05) is 73.1 Å². The van der Waals surface area contributed by atoms with E-state index < -0.39 is 4.92 Å². The van der Waals surface area contributed by atoms with Crippen LogP contribution in [0, 0.1) is 17.0 Å². The molecule has 1 aliphatic heterocycles.